The highest BCUT2D eigenvalue weighted by Crippen LogP contribution is 2.58. The Kier molecular flexibility index (Phi) is 3.79. The molecule has 0 aromatic carbocycles. The molecule has 13 heavy (non-hydrogen) atoms. The second kappa shape index (κ2) is 4.46. The molecule has 1 N–H and O–H groups in total. The molecule has 1 saturated carbocycles. The standard InChI is InChI=1S/C9H17BO2P/c1-13(10,7-9(11)12)8-5-3-2-4-6-8/h8H,2-7H2,1H3,(H,11,12)/q+1. The molecule has 0 aromatic heterocycles. The van der Waals surface area contributed by atoms with Gasteiger partial charge in [0.1, 0.15) is 6.16 Å². The summed E-state index contributed by atoms with van der Waals surface area (Å²) in [5, 5.41) is 8.73. The van der Waals surface area contributed by atoms with Crippen molar-refractivity contribution in [2.75, 3.05) is 12.8 Å². The number of rotatable bonds is 3. The lowest BCUT2D eigenvalue weighted by molar-refractivity contribution is -0.134. The summed E-state index contributed by atoms with van der Waals surface area (Å²) in [6, 6.07) is 0. The zero-order valence-electron chi connectivity index (χ0n) is 8.20. The predicted molar refractivity (Wildman–Crippen MR) is 58.0 cm³/mol. The molecule has 2 nitrogen and oxygen atoms in total. The molecule has 1 atom stereocenters. The molecule has 0 aromatic rings. The molecule has 0 bridgehead atoms. The van der Waals surface area contributed by atoms with E-state index in [9.17, 15) is 4.79 Å². The number of aliphatic carboxylic acids is 1. The summed E-state index contributed by atoms with van der Waals surface area (Å²) in [6.45, 7) is 1.98. The van der Waals surface area contributed by atoms with Crippen molar-refractivity contribution in [1.29, 1.82) is 0 Å². The molecule has 0 aliphatic heterocycles. The van der Waals surface area contributed by atoms with Gasteiger partial charge in [0.25, 0.3) is 0 Å². The second-order valence-corrected chi connectivity index (χ2v) is 7.93. The molecular weight excluding hydrogens is 182 g/mol. The van der Waals surface area contributed by atoms with Gasteiger partial charge in [-0.05, 0) is 32.8 Å². The lowest BCUT2D eigenvalue weighted by Crippen LogP contribution is -2.22. The normalized spacial score (nSPS) is 23.8. The van der Waals surface area contributed by atoms with Crippen LogP contribution in [-0.2, 0) is 4.79 Å². The average molecular weight is 199 g/mol. The Morgan fingerprint density at radius 2 is 2.00 bits per heavy atom. The SMILES string of the molecule is [B][P+](C)(CC(=O)O)C1CCCCC1. The highest BCUT2D eigenvalue weighted by Gasteiger charge is 2.38. The molecule has 1 fully saturated rings. The highest BCUT2D eigenvalue weighted by atomic mass is 31.2. The summed E-state index contributed by atoms with van der Waals surface area (Å²) in [7, 11) is 4.45. The van der Waals surface area contributed by atoms with Crippen molar-refractivity contribution >= 4 is 20.7 Å². The molecule has 2 radical (unpaired) electrons. The van der Waals surface area contributed by atoms with Gasteiger partial charge in [-0.25, -0.2) is 4.79 Å². The van der Waals surface area contributed by atoms with Crippen LogP contribution in [0.1, 0.15) is 32.1 Å². The molecule has 0 spiro atoms. The topological polar surface area (TPSA) is 37.3 Å². The second-order valence-electron chi connectivity index (χ2n) is 4.19. The van der Waals surface area contributed by atoms with Crippen molar-refractivity contribution in [3.8, 4) is 0 Å². The fraction of sp³-hybridized carbons (Fsp3) is 0.889. The maximum Gasteiger partial charge on any atom is 0.365 e. The van der Waals surface area contributed by atoms with Crippen molar-refractivity contribution in [3.63, 3.8) is 0 Å². The van der Waals surface area contributed by atoms with Crippen LogP contribution in [0.5, 0.6) is 0 Å². The minimum Gasteiger partial charge on any atom is -0.479 e. The molecule has 1 unspecified atom stereocenters. The smallest absolute Gasteiger partial charge is 0.365 e. The number of hydrogen-bond acceptors (Lipinski definition) is 1. The zero-order valence-corrected chi connectivity index (χ0v) is 9.09. The van der Waals surface area contributed by atoms with Gasteiger partial charge >= 0.3 is 13.5 Å². The first kappa shape index (κ1) is 11.0. The van der Waals surface area contributed by atoms with Gasteiger partial charge in [0.15, 0.2) is 0 Å². The molecule has 0 saturated heterocycles. The number of carboxylic acids is 1. The van der Waals surface area contributed by atoms with Gasteiger partial charge in [0, 0.05) is 6.66 Å². The summed E-state index contributed by atoms with van der Waals surface area (Å²) in [5.41, 5.74) is 0.511. The van der Waals surface area contributed by atoms with Crippen LogP contribution in [0.25, 0.3) is 0 Å². The Labute approximate surface area is 81.8 Å². The summed E-state index contributed by atoms with van der Waals surface area (Å²) >= 11 is 0. The van der Waals surface area contributed by atoms with Crippen LogP contribution in [0.2, 0.25) is 0 Å². The van der Waals surface area contributed by atoms with E-state index in [4.69, 9.17) is 12.7 Å². The van der Waals surface area contributed by atoms with Crippen LogP contribution in [0.15, 0.2) is 0 Å². The summed E-state index contributed by atoms with van der Waals surface area (Å²) in [4.78, 5) is 10.6. The largest absolute Gasteiger partial charge is 0.479 e. The first-order valence-corrected chi connectivity index (χ1v) is 7.44. The van der Waals surface area contributed by atoms with Gasteiger partial charge in [0.2, 0.25) is 0 Å². The maximum atomic E-state index is 10.6. The van der Waals surface area contributed by atoms with Crippen molar-refractivity contribution in [2.24, 2.45) is 0 Å². The van der Waals surface area contributed by atoms with Crippen LogP contribution in [0.3, 0.4) is 0 Å². The van der Waals surface area contributed by atoms with E-state index in [2.05, 4.69) is 0 Å². The third-order valence-corrected chi connectivity index (χ3v) is 6.02. The van der Waals surface area contributed by atoms with Gasteiger partial charge in [-0.15, -0.1) is 0 Å². The van der Waals surface area contributed by atoms with Crippen molar-refractivity contribution < 1.29 is 9.90 Å². The monoisotopic (exact) mass is 199 g/mol. The van der Waals surface area contributed by atoms with Crippen LogP contribution >= 0.6 is 7.14 Å². The van der Waals surface area contributed by atoms with Gasteiger partial charge in [-0.3, -0.25) is 0 Å². The molecular formula is C9H17BO2P+. The van der Waals surface area contributed by atoms with Gasteiger partial charge in [-0.1, -0.05) is 6.42 Å². The Bertz CT molecular complexity index is 188. The van der Waals surface area contributed by atoms with E-state index in [1.807, 2.05) is 6.66 Å². The molecule has 1 rings (SSSR count). The molecule has 0 heterocycles. The summed E-state index contributed by atoms with van der Waals surface area (Å²) in [6.07, 6.45) is 6.26. The maximum absolute atomic E-state index is 10.6. The van der Waals surface area contributed by atoms with Crippen molar-refractivity contribution in [1.82, 2.24) is 0 Å². The zero-order chi connectivity index (χ0) is 9.90. The fourth-order valence-corrected chi connectivity index (χ4v) is 4.48. The van der Waals surface area contributed by atoms with E-state index in [1.54, 1.807) is 0 Å². The van der Waals surface area contributed by atoms with Gasteiger partial charge < -0.3 is 5.11 Å². The first-order valence-electron chi connectivity index (χ1n) is 4.88. The number of carbonyl (C=O) groups is 1. The predicted octanol–water partition coefficient (Wildman–Crippen LogP) is 2.13. The molecule has 1 aliphatic rings. The summed E-state index contributed by atoms with van der Waals surface area (Å²) in [5.74, 6) is -0.732. The van der Waals surface area contributed by atoms with Crippen molar-refractivity contribution in [3.05, 3.63) is 0 Å². The highest BCUT2D eigenvalue weighted by molar-refractivity contribution is 7.97. The summed E-state index contributed by atoms with van der Waals surface area (Å²) < 4.78 is 0. The van der Waals surface area contributed by atoms with E-state index in [-0.39, 0.29) is 6.16 Å². The van der Waals surface area contributed by atoms with E-state index < -0.39 is 13.1 Å². The Morgan fingerprint density at radius 3 is 2.46 bits per heavy atom. The Balaban J connectivity index is 2.50. The van der Waals surface area contributed by atoms with Crippen LogP contribution < -0.4 is 0 Å². The van der Waals surface area contributed by atoms with E-state index in [1.165, 1.54) is 19.3 Å². The Hall–Kier alpha value is -0.0351. The van der Waals surface area contributed by atoms with E-state index >= 15 is 0 Å². The third-order valence-electron chi connectivity index (χ3n) is 2.88. The van der Waals surface area contributed by atoms with Crippen molar-refractivity contribution in [2.45, 2.75) is 37.8 Å². The molecule has 1 aliphatic carbocycles. The quantitative estimate of drug-likeness (QED) is 0.558. The molecule has 0 amide bonds. The molecule has 72 valence electrons. The first-order chi connectivity index (χ1) is 6.02. The van der Waals surface area contributed by atoms with Crippen LogP contribution in [-0.4, -0.2) is 37.1 Å². The van der Waals surface area contributed by atoms with E-state index in [0.717, 1.165) is 12.8 Å². The third kappa shape index (κ3) is 3.30. The van der Waals surface area contributed by atoms with Crippen LogP contribution in [0, 0.1) is 0 Å². The van der Waals surface area contributed by atoms with Crippen LogP contribution in [0.4, 0.5) is 0 Å². The lowest BCUT2D eigenvalue weighted by Gasteiger charge is -2.30. The van der Waals surface area contributed by atoms with E-state index in [0.29, 0.717) is 5.66 Å². The van der Waals surface area contributed by atoms with Gasteiger partial charge in [-0.2, -0.15) is 0 Å². The Morgan fingerprint density at radius 1 is 1.46 bits per heavy atom. The average Bonchev–Trinajstić information content (AvgIpc) is 2.04. The number of carboxylic acid groups (broad SMARTS) is 1. The lowest BCUT2D eigenvalue weighted by atomic mass is 10.0. The number of hydrogen-bond donors (Lipinski definition) is 1. The minimum atomic E-state index is -1.67. The van der Waals surface area contributed by atoms with Gasteiger partial charge in [0.05, 0.1) is 5.66 Å². The minimum absolute atomic E-state index is 0.206. The molecule has 4 heteroatoms. The fourth-order valence-electron chi connectivity index (χ4n) is 2.09.